The highest BCUT2D eigenvalue weighted by Crippen LogP contribution is 2.32. The number of hydrogen-bond acceptors (Lipinski definition) is 2. The fraction of sp³-hybridized carbons (Fsp3) is 0.364. The Labute approximate surface area is 156 Å². The van der Waals surface area contributed by atoms with Crippen LogP contribution in [-0.4, -0.2) is 11.8 Å². The van der Waals surface area contributed by atoms with Crippen molar-refractivity contribution in [2.75, 3.05) is 5.32 Å². The molecule has 0 bridgehead atoms. The molecule has 26 heavy (non-hydrogen) atoms. The van der Waals surface area contributed by atoms with Crippen LogP contribution in [0.3, 0.4) is 0 Å². The minimum atomic E-state index is -0.632. The van der Waals surface area contributed by atoms with Crippen LogP contribution >= 0.6 is 0 Å². The second-order valence-corrected chi connectivity index (χ2v) is 7.24. The van der Waals surface area contributed by atoms with E-state index in [-0.39, 0.29) is 11.8 Å². The lowest BCUT2D eigenvalue weighted by Crippen LogP contribution is -2.35. The molecule has 0 heterocycles. The van der Waals surface area contributed by atoms with Crippen LogP contribution in [-0.2, 0) is 16.1 Å². The Morgan fingerprint density at radius 1 is 0.846 bits per heavy atom. The van der Waals surface area contributed by atoms with E-state index in [0.29, 0.717) is 6.54 Å². The molecule has 138 valence electrons. The maximum Gasteiger partial charge on any atom is 0.313 e. The minimum absolute atomic E-state index is 0.250. The predicted molar refractivity (Wildman–Crippen MR) is 106 cm³/mol. The molecule has 2 aromatic carbocycles. The van der Waals surface area contributed by atoms with Crippen LogP contribution in [0.25, 0.3) is 0 Å². The van der Waals surface area contributed by atoms with Crippen molar-refractivity contribution in [2.45, 2.75) is 53.0 Å². The summed E-state index contributed by atoms with van der Waals surface area (Å²) in [6, 6.07) is 13.8. The van der Waals surface area contributed by atoms with Crippen LogP contribution in [0.2, 0.25) is 0 Å². The third kappa shape index (κ3) is 4.94. The first-order chi connectivity index (χ1) is 12.3. The quantitative estimate of drug-likeness (QED) is 0.779. The predicted octanol–water partition coefficient (Wildman–Crippen LogP) is 4.50. The Morgan fingerprint density at radius 2 is 1.38 bits per heavy atom. The summed E-state index contributed by atoms with van der Waals surface area (Å²) in [7, 11) is 0. The van der Waals surface area contributed by atoms with Gasteiger partial charge in [0.1, 0.15) is 0 Å². The van der Waals surface area contributed by atoms with E-state index in [1.165, 1.54) is 0 Å². The molecule has 0 spiro atoms. The van der Waals surface area contributed by atoms with Gasteiger partial charge in [-0.3, -0.25) is 9.59 Å². The van der Waals surface area contributed by atoms with E-state index in [4.69, 9.17) is 0 Å². The third-order valence-electron chi connectivity index (χ3n) is 4.39. The highest BCUT2D eigenvalue weighted by atomic mass is 16.2. The van der Waals surface area contributed by atoms with E-state index < -0.39 is 11.8 Å². The lowest BCUT2D eigenvalue weighted by atomic mass is 9.92. The number of rotatable bonds is 5. The number of amides is 2. The van der Waals surface area contributed by atoms with Gasteiger partial charge in [0.25, 0.3) is 0 Å². The van der Waals surface area contributed by atoms with Crippen molar-refractivity contribution < 1.29 is 9.59 Å². The zero-order chi connectivity index (χ0) is 19.3. The number of para-hydroxylation sites is 1. The van der Waals surface area contributed by atoms with Crippen LogP contribution < -0.4 is 10.6 Å². The summed E-state index contributed by atoms with van der Waals surface area (Å²) in [4.78, 5) is 24.6. The Kier molecular flexibility index (Phi) is 6.56. The van der Waals surface area contributed by atoms with Gasteiger partial charge in [-0.25, -0.2) is 0 Å². The zero-order valence-electron chi connectivity index (χ0n) is 16.2. The maximum atomic E-state index is 12.4. The molecule has 0 aromatic heterocycles. The molecule has 0 unspecified atom stereocenters. The van der Waals surface area contributed by atoms with Gasteiger partial charge in [0.15, 0.2) is 0 Å². The van der Waals surface area contributed by atoms with E-state index in [1.54, 1.807) is 0 Å². The van der Waals surface area contributed by atoms with Gasteiger partial charge in [0.2, 0.25) is 0 Å². The van der Waals surface area contributed by atoms with Crippen molar-refractivity contribution in [3.8, 4) is 0 Å². The van der Waals surface area contributed by atoms with E-state index >= 15 is 0 Å². The lowest BCUT2D eigenvalue weighted by Gasteiger charge is -2.20. The van der Waals surface area contributed by atoms with Crippen LogP contribution in [0, 0.1) is 6.92 Å². The number of nitrogens with one attached hydrogen (secondary N) is 2. The van der Waals surface area contributed by atoms with E-state index in [9.17, 15) is 9.59 Å². The van der Waals surface area contributed by atoms with Crippen LogP contribution in [0.4, 0.5) is 5.69 Å². The molecule has 4 heteroatoms. The molecule has 0 saturated heterocycles. The molecule has 0 aliphatic carbocycles. The third-order valence-corrected chi connectivity index (χ3v) is 4.39. The van der Waals surface area contributed by atoms with Gasteiger partial charge in [-0.2, -0.15) is 0 Å². The van der Waals surface area contributed by atoms with Gasteiger partial charge in [-0.15, -0.1) is 0 Å². The SMILES string of the molecule is Cc1ccc(CNC(=O)C(=O)Nc2c(C(C)C)cccc2C(C)C)cc1. The average molecular weight is 352 g/mol. The van der Waals surface area contributed by atoms with E-state index in [1.807, 2.05) is 49.4 Å². The Morgan fingerprint density at radius 3 is 1.88 bits per heavy atom. The molecule has 0 atom stereocenters. The van der Waals surface area contributed by atoms with Gasteiger partial charge in [0.05, 0.1) is 0 Å². The molecule has 0 saturated carbocycles. The topological polar surface area (TPSA) is 58.2 Å². The zero-order valence-corrected chi connectivity index (χ0v) is 16.2. The first kappa shape index (κ1) is 19.7. The number of carbonyl (C=O) groups excluding carboxylic acids is 2. The molecular weight excluding hydrogens is 324 g/mol. The summed E-state index contributed by atoms with van der Waals surface area (Å²) in [6.45, 7) is 10.6. The summed E-state index contributed by atoms with van der Waals surface area (Å²) in [5.74, 6) is -0.759. The lowest BCUT2D eigenvalue weighted by molar-refractivity contribution is -0.136. The van der Waals surface area contributed by atoms with Crippen molar-refractivity contribution in [3.63, 3.8) is 0 Å². The summed E-state index contributed by atoms with van der Waals surface area (Å²) in [5.41, 5.74) is 4.95. The van der Waals surface area contributed by atoms with Crippen molar-refractivity contribution in [3.05, 3.63) is 64.7 Å². The van der Waals surface area contributed by atoms with Gasteiger partial charge < -0.3 is 10.6 Å². The second kappa shape index (κ2) is 8.65. The van der Waals surface area contributed by atoms with E-state index in [2.05, 4.69) is 38.3 Å². The molecular formula is C22H28N2O2. The van der Waals surface area contributed by atoms with E-state index in [0.717, 1.165) is 27.9 Å². The van der Waals surface area contributed by atoms with Crippen LogP contribution in [0.15, 0.2) is 42.5 Å². The number of benzene rings is 2. The van der Waals surface area contributed by atoms with Crippen LogP contribution in [0.1, 0.15) is 61.8 Å². The minimum Gasteiger partial charge on any atom is -0.344 e. The average Bonchev–Trinajstić information content (AvgIpc) is 2.60. The molecule has 0 aliphatic rings. The molecule has 0 fully saturated rings. The Hall–Kier alpha value is -2.62. The summed E-state index contributed by atoms with van der Waals surface area (Å²) >= 11 is 0. The van der Waals surface area contributed by atoms with Gasteiger partial charge in [-0.1, -0.05) is 75.7 Å². The second-order valence-electron chi connectivity index (χ2n) is 7.24. The molecule has 0 radical (unpaired) electrons. The molecule has 2 N–H and O–H groups in total. The fourth-order valence-corrected chi connectivity index (χ4v) is 2.83. The van der Waals surface area contributed by atoms with Crippen molar-refractivity contribution >= 4 is 17.5 Å². The molecule has 2 amide bonds. The van der Waals surface area contributed by atoms with Crippen molar-refractivity contribution in [1.82, 2.24) is 5.32 Å². The van der Waals surface area contributed by atoms with Crippen molar-refractivity contribution in [1.29, 1.82) is 0 Å². The largest absolute Gasteiger partial charge is 0.344 e. The highest BCUT2D eigenvalue weighted by Gasteiger charge is 2.19. The van der Waals surface area contributed by atoms with Crippen LogP contribution in [0.5, 0.6) is 0 Å². The Balaban J connectivity index is 2.11. The van der Waals surface area contributed by atoms with Gasteiger partial charge in [0, 0.05) is 12.2 Å². The molecule has 4 nitrogen and oxygen atoms in total. The normalized spacial score (nSPS) is 10.9. The van der Waals surface area contributed by atoms with Crippen molar-refractivity contribution in [2.24, 2.45) is 0 Å². The Bertz CT molecular complexity index is 751. The first-order valence-electron chi connectivity index (χ1n) is 9.07. The molecule has 0 aliphatic heterocycles. The number of aryl methyl sites for hydroxylation is 1. The first-order valence-corrected chi connectivity index (χ1v) is 9.07. The number of hydrogen-bond donors (Lipinski definition) is 2. The smallest absolute Gasteiger partial charge is 0.313 e. The maximum absolute atomic E-state index is 12.4. The number of anilines is 1. The molecule has 2 rings (SSSR count). The monoisotopic (exact) mass is 352 g/mol. The number of carbonyl (C=O) groups is 2. The van der Waals surface area contributed by atoms with Gasteiger partial charge in [-0.05, 0) is 35.4 Å². The summed E-state index contributed by atoms with van der Waals surface area (Å²) < 4.78 is 0. The fourth-order valence-electron chi connectivity index (χ4n) is 2.83. The van der Waals surface area contributed by atoms with Gasteiger partial charge >= 0.3 is 11.8 Å². The standard InChI is InChI=1S/C22H28N2O2/c1-14(2)18-7-6-8-19(15(3)4)20(18)24-22(26)21(25)23-13-17-11-9-16(5)10-12-17/h6-12,14-15H,13H2,1-5H3,(H,23,25)(H,24,26). The summed E-state index contributed by atoms with van der Waals surface area (Å²) in [6.07, 6.45) is 0. The highest BCUT2D eigenvalue weighted by molar-refractivity contribution is 6.39. The molecule has 2 aromatic rings. The summed E-state index contributed by atoms with van der Waals surface area (Å²) in [5, 5.41) is 5.52.